The Labute approximate surface area is 130 Å². The zero-order valence-electron chi connectivity index (χ0n) is 13.0. The topological polar surface area (TPSA) is 91.9 Å². The number of carbonyl (C=O) groups is 1. The van der Waals surface area contributed by atoms with E-state index >= 15 is 0 Å². The lowest BCUT2D eigenvalue weighted by molar-refractivity contribution is 0.101. The van der Waals surface area contributed by atoms with E-state index in [2.05, 4.69) is 14.9 Å². The largest absolute Gasteiger partial charge is 0.295 e. The summed E-state index contributed by atoms with van der Waals surface area (Å²) >= 11 is 0. The molecule has 0 aliphatic carbocycles. The maximum absolute atomic E-state index is 12.4. The van der Waals surface area contributed by atoms with Crippen LogP contribution in [0.15, 0.2) is 35.2 Å². The first-order chi connectivity index (χ1) is 10.1. The fourth-order valence-electron chi connectivity index (χ4n) is 1.84. The Morgan fingerprint density at radius 3 is 2.45 bits per heavy atom. The van der Waals surface area contributed by atoms with Crippen LogP contribution in [0, 0.1) is 0 Å². The van der Waals surface area contributed by atoms with Gasteiger partial charge in [0.15, 0.2) is 11.6 Å². The number of aromatic nitrogens is 2. The standard InChI is InChI=1S/C15H19N3O3S/c1-10(19)11-6-5-7-12(8-11)22(20,21)18-14-9-13(16-17-14)15(2,3)4/h5-9H,1-4H3,(H2,16,17,18). The number of rotatable bonds is 4. The summed E-state index contributed by atoms with van der Waals surface area (Å²) in [6.07, 6.45) is 0. The van der Waals surface area contributed by atoms with Gasteiger partial charge in [-0.05, 0) is 19.1 Å². The normalized spacial score (nSPS) is 12.2. The highest BCUT2D eigenvalue weighted by atomic mass is 32.2. The molecule has 0 unspecified atom stereocenters. The first kappa shape index (κ1) is 16.2. The van der Waals surface area contributed by atoms with Gasteiger partial charge in [-0.1, -0.05) is 32.9 Å². The second kappa shape index (κ2) is 5.57. The van der Waals surface area contributed by atoms with E-state index in [1.807, 2.05) is 20.8 Å². The first-order valence-corrected chi connectivity index (χ1v) is 8.27. The number of Topliss-reactive ketones (excluding diaryl/α,β-unsaturated/α-hetero) is 1. The molecule has 0 aliphatic rings. The molecule has 0 saturated heterocycles. The predicted molar refractivity (Wildman–Crippen MR) is 84.5 cm³/mol. The summed E-state index contributed by atoms with van der Waals surface area (Å²) in [6.45, 7) is 7.38. The molecule has 2 rings (SSSR count). The molecule has 0 fully saturated rings. The number of hydrogen-bond donors (Lipinski definition) is 2. The number of nitrogens with one attached hydrogen (secondary N) is 2. The predicted octanol–water partition coefficient (Wildman–Crippen LogP) is 2.71. The van der Waals surface area contributed by atoms with E-state index in [0.29, 0.717) is 5.56 Å². The van der Waals surface area contributed by atoms with Gasteiger partial charge in [-0.15, -0.1) is 0 Å². The van der Waals surface area contributed by atoms with Crippen molar-refractivity contribution in [3.63, 3.8) is 0 Å². The number of ketones is 1. The molecule has 1 aromatic heterocycles. The van der Waals surface area contributed by atoms with E-state index in [9.17, 15) is 13.2 Å². The van der Waals surface area contributed by atoms with Crippen LogP contribution < -0.4 is 4.72 Å². The molecule has 0 spiro atoms. The lowest BCUT2D eigenvalue weighted by Crippen LogP contribution is -2.14. The average Bonchev–Trinajstić information content (AvgIpc) is 2.86. The van der Waals surface area contributed by atoms with Crippen LogP contribution in [0.4, 0.5) is 5.82 Å². The summed E-state index contributed by atoms with van der Waals surface area (Å²) in [4.78, 5) is 11.4. The van der Waals surface area contributed by atoms with E-state index in [4.69, 9.17) is 0 Å². The van der Waals surface area contributed by atoms with E-state index in [-0.39, 0.29) is 21.9 Å². The average molecular weight is 321 g/mol. The van der Waals surface area contributed by atoms with Gasteiger partial charge in [0.2, 0.25) is 0 Å². The van der Waals surface area contributed by atoms with Crippen molar-refractivity contribution in [2.24, 2.45) is 0 Å². The third-order valence-electron chi connectivity index (χ3n) is 3.18. The monoisotopic (exact) mass is 321 g/mol. The minimum absolute atomic E-state index is 0.0282. The summed E-state index contributed by atoms with van der Waals surface area (Å²) in [7, 11) is -3.79. The molecule has 0 amide bonds. The van der Waals surface area contributed by atoms with Gasteiger partial charge in [-0.25, -0.2) is 8.42 Å². The Balaban J connectivity index is 2.30. The minimum Gasteiger partial charge on any atom is -0.295 e. The highest BCUT2D eigenvalue weighted by Crippen LogP contribution is 2.23. The van der Waals surface area contributed by atoms with Gasteiger partial charge in [-0.3, -0.25) is 14.6 Å². The quantitative estimate of drug-likeness (QED) is 0.847. The molecule has 2 N–H and O–H groups in total. The lowest BCUT2D eigenvalue weighted by atomic mass is 9.92. The van der Waals surface area contributed by atoms with Crippen LogP contribution in [-0.4, -0.2) is 24.4 Å². The number of benzene rings is 1. The maximum Gasteiger partial charge on any atom is 0.263 e. The molecule has 22 heavy (non-hydrogen) atoms. The van der Waals surface area contributed by atoms with Gasteiger partial charge < -0.3 is 0 Å². The lowest BCUT2D eigenvalue weighted by Gasteiger charge is -2.14. The van der Waals surface area contributed by atoms with Gasteiger partial charge in [0, 0.05) is 22.7 Å². The third-order valence-corrected chi connectivity index (χ3v) is 4.53. The molecular weight excluding hydrogens is 302 g/mol. The van der Waals surface area contributed by atoms with Gasteiger partial charge in [0.1, 0.15) is 0 Å². The third kappa shape index (κ3) is 3.54. The number of anilines is 1. The number of H-pyrrole nitrogens is 1. The molecule has 6 nitrogen and oxygen atoms in total. The smallest absolute Gasteiger partial charge is 0.263 e. The molecule has 7 heteroatoms. The summed E-state index contributed by atoms with van der Waals surface area (Å²) in [5, 5.41) is 6.79. The number of sulfonamides is 1. The second-order valence-electron chi connectivity index (χ2n) is 6.11. The summed E-state index contributed by atoms with van der Waals surface area (Å²) in [5.41, 5.74) is 1.01. The van der Waals surface area contributed by atoms with Crippen molar-refractivity contribution in [3.8, 4) is 0 Å². The first-order valence-electron chi connectivity index (χ1n) is 6.79. The Kier molecular flexibility index (Phi) is 4.10. The van der Waals surface area contributed by atoms with Crippen molar-refractivity contribution in [3.05, 3.63) is 41.6 Å². The SMILES string of the molecule is CC(=O)c1cccc(S(=O)(=O)Nc2cc(C(C)(C)C)[nH]n2)c1. The number of aromatic amines is 1. The van der Waals surface area contributed by atoms with E-state index in [0.717, 1.165) is 5.69 Å². The fourth-order valence-corrected chi connectivity index (χ4v) is 2.87. The van der Waals surface area contributed by atoms with Gasteiger partial charge in [-0.2, -0.15) is 5.10 Å². The van der Waals surface area contributed by atoms with Crippen LogP contribution in [-0.2, 0) is 15.4 Å². The molecular formula is C15H19N3O3S. The van der Waals surface area contributed by atoms with Crippen molar-refractivity contribution in [1.29, 1.82) is 0 Å². The zero-order valence-corrected chi connectivity index (χ0v) is 13.8. The van der Waals surface area contributed by atoms with E-state index < -0.39 is 10.0 Å². The number of carbonyl (C=O) groups excluding carboxylic acids is 1. The van der Waals surface area contributed by atoms with Crippen molar-refractivity contribution in [2.75, 3.05) is 4.72 Å². The maximum atomic E-state index is 12.4. The molecule has 0 bridgehead atoms. The molecule has 1 aromatic carbocycles. The molecule has 0 radical (unpaired) electrons. The van der Waals surface area contributed by atoms with Crippen molar-refractivity contribution in [1.82, 2.24) is 10.2 Å². The van der Waals surface area contributed by atoms with Crippen molar-refractivity contribution >= 4 is 21.6 Å². The molecule has 0 saturated carbocycles. The van der Waals surface area contributed by atoms with Crippen molar-refractivity contribution in [2.45, 2.75) is 38.0 Å². The Morgan fingerprint density at radius 2 is 1.91 bits per heavy atom. The summed E-state index contributed by atoms with van der Waals surface area (Å²) in [5.74, 6) is 0.0324. The van der Waals surface area contributed by atoms with Crippen LogP contribution in [0.1, 0.15) is 43.7 Å². The van der Waals surface area contributed by atoms with Crippen molar-refractivity contribution < 1.29 is 13.2 Å². The summed E-state index contributed by atoms with van der Waals surface area (Å²) in [6, 6.07) is 7.56. The number of nitrogens with zero attached hydrogens (tertiary/aromatic N) is 1. The van der Waals surface area contributed by atoms with Crippen LogP contribution in [0.2, 0.25) is 0 Å². The molecule has 0 aliphatic heterocycles. The highest BCUT2D eigenvalue weighted by Gasteiger charge is 2.20. The van der Waals surface area contributed by atoms with Crippen LogP contribution in [0.25, 0.3) is 0 Å². The summed E-state index contributed by atoms with van der Waals surface area (Å²) < 4.78 is 27.1. The Morgan fingerprint density at radius 1 is 1.23 bits per heavy atom. The van der Waals surface area contributed by atoms with Crippen LogP contribution in [0.5, 0.6) is 0 Å². The molecule has 1 heterocycles. The second-order valence-corrected chi connectivity index (χ2v) is 7.79. The van der Waals surface area contributed by atoms with Gasteiger partial charge in [0.25, 0.3) is 10.0 Å². The Bertz CT molecular complexity index is 801. The molecule has 2 aromatic rings. The van der Waals surface area contributed by atoms with Crippen LogP contribution in [0.3, 0.4) is 0 Å². The van der Waals surface area contributed by atoms with E-state index in [1.165, 1.54) is 25.1 Å². The zero-order chi connectivity index (χ0) is 16.5. The fraction of sp³-hybridized carbons (Fsp3) is 0.333. The molecule has 118 valence electrons. The minimum atomic E-state index is -3.79. The van der Waals surface area contributed by atoms with Gasteiger partial charge in [0.05, 0.1) is 4.90 Å². The van der Waals surface area contributed by atoms with E-state index in [1.54, 1.807) is 12.1 Å². The Hall–Kier alpha value is -2.15. The molecule has 0 atom stereocenters. The van der Waals surface area contributed by atoms with Crippen LogP contribution >= 0.6 is 0 Å². The highest BCUT2D eigenvalue weighted by molar-refractivity contribution is 7.92. The van der Waals surface area contributed by atoms with Gasteiger partial charge >= 0.3 is 0 Å². The number of hydrogen-bond acceptors (Lipinski definition) is 4.